The Balaban J connectivity index is 2.30. The fourth-order valence-electron chi connectivity index (χ4n) is 1.68. The number of nitrogens with two attached hydrogens (primary N) is 1. The van der Waals surface area contributed by atoms with Gasteiger partial charge in [-0.2, -0.15) is 5.26 Å². The number of hydrogen-bond donors (Lipinski definition) is 1. The molecule has 0 saturated heterocycles. The van der Waals surface area contributed by atoms with Gasteiger partial charge in [0, 0.05) is 11.8 Å². The van der Waals surface area contributed by atoms with E-state index < -0.39 is 0 Å². The highest BCUT2D eigenvalue weighted by molar-refractivity contribution is 5.47. The summed E-state index contributed by atoms with van der Waals surface area (Å²) in [6, 6.07) is 8.00. The van der Waals surface area contributed by atoms with Crippen molar-refractivity contribution in [2.45, 2.75) is 40.0 Å². The van der Waals surface area contributed by atoms with Crippen LogP contribution >= 0.6 is 0 Å². The first-order valence-electron chi connectivity index (χ1n) is 6.35. The molecular formula is C15H22N2O. The van der Waals surface area contributed by atoms with Crippen LogP contribution in [-0.2, 0) is 0 Å². The van der Waals surface area contributed by atoms with E-state index in [4.69, 9.17) is 15.7 Å². The number of nitriles is 1. The summed E-state index contributed by atoms with van der Waals surface area (Å²) in [5.74, 6) is 0.856. The van der Waals surface area contributed by atoms with E-state index in [1.165, 1.54) is 0 Å². The van der Waals surface area contributed by atoms with Crippen molar-refractivity contribution in [2.75, 3.05) is 12.3 Å². The van der Waals surface area contributed by atoms with Crippen molar-refractivity contribution in [1.82, 2.24) is 0 Å². The number of nitrogen functional groups attached to an aromatic ring is 1. The van der Waals surface area contributed by atoms with Crippen LogP contribution in [0.15, 0.2) is 18.2 Å². The average molecular weight is 246 g/mol. The molecule has 1 aromatic rings. The second-order valence-corrected chi connectivity index (χ2v) is 5.33. The van der Waals surface area contributed by atoms with Crippen molar-refractivity contribution < 1.29 is 4.74 Å². The molecule has 0 unspecified atom stereocenters. The highest BCUT2D eigenvalue weighted by Gasteiger charge is 2.15. The van der Waals surface area contributed by atoms with Crippen LogP contribution in [0.4, 0.5) is 5.69 Å². The van der Waals surface area contributed by atoms with Gasteiger partial charge in [0.15, 0.2) is 0 Å². The molecule has 0 radical (unpaired) electrons. The van der Waals surface area contributed by atoms with Gasteiger partial charge < -0.3 is 10.5 Å². The van der Waals surface area contributed by atoms with E-state index in [0.29, 0.717) is 6.61 Å². The van der Waals surface area contributed by atoms with Crippen molar-refractivity contribution in [3.05, 3.63) is 23.8 Å². The maximum Gasteiger partial charge on any atom is 0.124 e. The van der Waals surface area contributed by atoms with Gasteiger partial charge in [-0.05, 0) is 51.7 Å². The number of anilines is 1. The Morgan fingerprint density at radius 3 is 2.72 bits per heavy atom. The van der Waals surface area contributed by atoms with Crippen LogP contribution in [0.3, 0.4) is 0 Å². The summed E-state index contributed by atoms with van der Waals surface area (Å²) in [6.07, 6.45) is 2.87. The number of rotatable bonds is 6. The standard InChI is InChI=1S/C15H22N2O/c1-12-6-7-13(17)10-14(12)18-9-5-4-8-15(2,3)11-16/h6-7,10H,4-5,8-9,17H2,1-3H3. The largest absolute Gasteiger partial charge is 0.493 e. The van der Waals surface area contributed by atoms with E-state index >= 15 is 0 Å². The lowest BCUT2D eigenvalue weighted by atomic mass is 9.89. The number of ether oxygens (including phenoxy) is 1. The number of aryl methyl sites for hydroxylation is 1. The van der Waals surface area contributed by atoms with Gasteiger partial charge in [0.05, 0.1) is 18.1 Å². The Bertz CT molecular complexity index is 433. The minimum atomic E-state index is -0.229. The Labute approximate surface area is 110 Å². The van der Waals surface area contributed by atoms with Crippen molar-refractivity contribution in [3.8, 4) is 11.8 Å². The second-order valence-electron chi connectivity index (χ2n) is 5.33. The molecule has 0 aliphatic rings. The molecule has 0 aromatic heterocycles. The van der Waals surface area contributed by atoms with Crippen LogP contribution in [0.25, 0.3) is 0 Å². The van der Waals surface area contributed by atoms with Gasteiger partial charge in [-0.25, -0.2) is 0 Å². The van der Waals surface area contributed by atoms with Crippen LogP contribution < -0.4 is 10.5 Å². The van der Waals surface area contributed by atoms with Crippen molar-refractivity contribution in [1.29, 1.82) is 5.26 Å². The highest BCUT2D eigenvalue weighted by atomic mass is 16.5. The highest BCUT2D eigenvalue weighted by Crippen LogP contribution is 2.23. The zero-order valence-corrected chi connectivity index (χ0v) is 11.5. The first-order chi connectivity index (χ1) is 8.44. The summed E-state index contributed by atoms with van der Waals surface area (Å²) >= 11 is 0. The van der Waals surface area contributed by atoms with E-state index in [2.05, 4.69) is 6.07 Å². The number of hydrogen-bond acceptors (Lipinski definition) is 3. The molecule has 2 N–H and O–H groups in total. The van der Waals surface area contributed by atoms with Crippen molar-refractivity contribution >= 4 is 5.69 Å². The predicted molar refractivity (Wildman–Crippen MR) is 74.3 cm³/mol. The molecule has 98 valence electrons. The lowest BCUT2D eigenvalue weighted by molar-refractivity contribution is 0.293. The fourth-order valence-corrected chi connectivity index (χ4v) is 1.68. The van der Waals surface area contributed by atoms with Gasteiger partial charge in [-0.3, -0.25) is 0 Å². The number of nitrogens with zero attached hydrogens (tertiary/aromatic N) is 1. The van der Waals surface area contributed by atoms with E-state index in [-0.39, 0.29) is 5.41 Å². The summed E-state index contributed by atoms with van der Waals surface area (Å²) < 4.78 is 5.70. The lowest BCUT2D eigenvalue weighted by Gasteiger charge is -2.15. The zero-order valence-electron chi connectivity index (χ0n) is 11.5. The molecule has 18 heavy (non-hydrogen) atoms. The summed E-state index contributed by atoms with van der Waals surface area (Å²) in [4.78, 5) is 0. The zero-order chi connectivity index (χ0) is 13.6. The molecule has 0 atom stereocenters. The number of benzene rings is 1. The normalized spacial score (nSPS) is 11.0. The Kier molecular flexibility index (Phi) is 5.03. The Hall–Kier alpha value is -1.69. The van der Waals surface area contributed by atoms with Gasteiger partial charge in [0.2, 0.25) is 0 Å². The molecule has 0 aliphatic carbocycles. The summed E-state index contributed by atoms with van der Waals surface area (Å²) in [5.41, 5.74) is 7.31. The van der Waals surface area contributed by atoms with Gasteiger partial charge in [-0.15, -0.1) is 0 Å². The van der Waals surface area contributed by atoms with Gasteiger partial charge in [0.25, 0.3) is 0 Å². The molecular weight excluding hydrogens is 224 g/mol. The van der Waals surface area contributed by atoms with Crippen molar-refractivity contribution in [2.24, 2.45) is 5.41 Å². The maximum atomic E-state index is 8.90. The molecule has 1 aromatic carbocycles. The molecule has 1 rings (SSSR count). The minimum Gasteiger partial charge on any atom is -0.493 e. The van der Waals surface area contributed by atoms with E-state index in [1.54, 1.807) is 0 Å². The molecule has 0 aliphatic heterocycles. The third-order valence-electron chi connectivity index (χ3n) is 2.97. The van der Waals surface area contributed by atoms with E-state index in [0.717, 1.165) is 36.3 Å². The number of unbranched alkanes of at least 4 members (excludes halogenated alkanes) is 1. The third-order valence-corrected chi connectivity index (χ3v) is 2.97. The first-order valence-corrected chi connectivity index (χ1v) is 6.35. The molecule has 3 nitrogen and oxygen atoms in total. The van der Waals surface area contributed by atoms with Crippen LogP contribution in [0.2, 0.25) is 0 Å². The van der Waals surface area contributed by atoms with Gasteiger partial charge >= 0.3 is 0 Å². The minimum absolute atomic E-state index is 0.229. The SMILES string of the molecule is Cc1ccc(N)cc1OCCCCC(C)(C)C#N. The van der Waals surface area contributed by atoms with Crippen LogP contribution in [0.1, 0.15) is 38.7 Å². The molecule has 0 bridgehead atoms. The van der Waals surface area contributed by atoms with Crippen LogP contribution in [0.5, 0.6) is 5.75 Å². The summed E-state index contributed by atoms with van der Waals surface area (Å²) in [5, 5.41) is 8.90. The lowest BCUT2D eigenvalue weighted by Crippen LogP contribution is -2.08. The summed E-state index contributed by atoms with van der Waals surface area (Å²) in [7, 11) is 0. The topological polar surface area (TPSA) is 59.0 Å². The smallest absolute Gasteiger partial charge is 0.124 e. The maximum absolute atomic E-state index is 8.90. The third kappa shape index (κ3) is 4.67. The van der Waals surface area contributed by atoms with Crippen LogP contribution in [-0.4, -0.2) is 6.61 Å². The van der Waals surface area contributed by atoms with E-state index in [1.807, 2.05) is 39.0 Å². The molecule has 0 amide bonds. The van der Waals surface area contributed by atoms with Gasteiger partial charge in [-0.1, -0.05) is 6.07 Å². The Morgan fingerprint density at radius 2 is 2.06 bits per heavy atom. The molecule has 0 saturated carbocycles. The predicted octanol–water partition coefficient (Wildman–Crippen LogP) is 3.68. The van der Waals surface area contributed by atoms with E-state index in [9.17, 15) is 0 Å². The molecule has 0 fully saturated rings. The second kappa shape index (κ2) is 6.30. The fraction of sp³-hybridized carbons (Fsp3) is 0.533. The quantitative estimate of drug-likeness (QED) is 0.615. The Morgan fingerprint density at radius 1 is 1.33 bits per heavy atom. The molecule has 0 spiro atoms. The summed E-state index contributed by atoms with van der Waals surface area (Å²) in [6.45, 7) is 6.62. The van der Waals surface area contributed by atoms with Gasteiger partial charge in [0.1, 0.15) is 5.75 Å². The van der Waals surface area contributed by atoms with Crippen molar-refractivity contribution in [3.63, 3.8) is 0 Å². The average Bonchev–Trinajstić information content (AvgIpc) is 2.33. The first kappa shape index (κ1) is 14.4. The molecule has 0 heterocycles. The monoisotopic (exact) mass is 246 g/mol. The molecule has 3 heteroatoms. The van der Waals surface area contributed by atoms with Crippen LogP contribution in [0, 0.1) is 23.7 Å².